The van der Waals surface area contributed by atoms with Gasteiger partial charge in [-0.3, -0.25) is 9.59 Å². The molecule has 0 radical (unpaired) electrons. The van der Waals surface area contributed by atoms with Crippen LogP contribution in [0, 0.1) is 0 Å². The van der Waals surface area contributed by atoms with E-state index in [0.29, 0.717) is 25.3 Å². The maximum atomic E-state index is 12.8. The first-order chi connectivity index (χ1) is 12.5. The minimum atomic E-state index is -0.512. The van der Waals surface area contributed by atoms with Crippen molar-refractivity contribution in [3.8, 4) is 5.75 Å². The number of halogens is 1. The Hall–Kier alpha value is -2.34. The molecule has 2 amide bonds. The van der Waals surface area contributed by atoms with Gasteiger partial charge in [0.25, 0.3) is 5.91 Å². The quantitative estimate of drug-likeness (QED) is 0.762. The Bertz CT molecular complexity index is 807. The van der Waals surface area contributed by atoms with E-state index < -0.39 is 6.04 Å². The minimum Gasteiger partial charge on any atom is -0.494 e. The van der Waals surface area contributed by atoms with Crippen LogP contribution in [0.4, 0.5) is 5.69 Å². The lowest BCUT2D eigenvalue weighted by atomic mass is 10.1. The first-order valence-corrected chi connectivity index (χ1v) is 9.41. The van der Waals surface area contributed by atoms with E-state index in [1.807, 2.05) is 43.3 Å². The Labute approximate surface area is 161 Å². The second-order valence-corrected chi connectivity index (χ2v) is 7.02. The first kappa shape index (κ1) is 18.5. The Morgan fingerprint density at radius 1 is 1.19 bits per heavy atom. The van der Waals surface area contributed by atoms with E-state index in [9.17, 15) is 9.59 Å². The van der Waals surface area contributed by atoms with Gasteiger partial charge in [-0.25, -0.2) is 0 Å². The van der Waals surface area contributed by atoms with Crippen molar-refractivity contribution in [1.29, 1.82) is 0 Å². The molecule has 2 aromatic carbocycles. The largest absolute Gasteiger partial charge is 0.494 e. The van der Waals surface area contributed by atoms with E-state index in [1.165, 1.54) is 0 Å². The number of rotatable bonds is 4. The number of amides is 2. The fourth-order valence-corrected chi connectivity index (χ4v) is 3.48. The molecule has 136 valence electrons. The SMILES string of the molecule is CCOc1ccc(N2CCN(C(=O)c3cccc(Br)c3)[C@H](C)C2=O)cc1. The van der Waals surface area contributed by atoms with Gasteiger partial charge in [0, 0.05) is 28.8 Å². The topological polar surface area (TPSA) is 49.9 Å². The predicted octanol–water partition coefficient (Wildman–Crippen LogP) is 3.73. The molecule has 1 fully saturated rings. The molecule has 0 aromatic heterocycles. The molecule has 1 aliphatic heterocycles. The predicted molar refractivity (Wildman–Crippen MR) is 105 cm³/mol. The summed E-state index contributed by atoms with van der Waals surface area (Å²) in [7, 11) is 0. The van der Waals surface area contributed by atoms with Crippen molar-refractivity contribution in [2.24, 2.45) is 0 Å². The highest BCUT2D eigenvalue weighted by atomic mass is 79.9. The normalized spacial score (nSPS) is 17.3. The van der Waals surface area contributed by atoms with Gasteiger partial charge in [0.05, 0.1) is 6.61 Å². The maximum Gasteiger partial charge on any atom is 0.254 e. The molecule has 1 heterocycles. The van der Waals surface area contributed by atoms with Crippen molar-refractivity contribution >= 4 is 33.4 Å². The van der Waals surface area contributed by atoms with E-state index in [4.69, 9.17) is 4.74 Å². The summed E-state index contributed by atoms with van der Waals surface area (Å²) < 4.78 is 6.29. The second kappa shape index (κ2) is 7.91. The molecule has 0 saturated carbocycles. The highest BCUT2D eigenvalue weighted by Gasteiger charge is 2.35. The van der Waals surface area contributed by atoms with Crippen molar-refractivity contribution in [2.45, 2.75) is 19.9 Å². The third-order valence-corrected chi connectivity index (χ3v) is 4.94. The molecule has 5 nitrogen and oxygen atoms in total. The van der Waals surface area contributed by atoms with Crippen LogP contribution in [0.15, 0.2) is 53.0 Å². The van der Waals surface area contributed by atoms with Crippen molar-refractivity contribution < 1.29 is 14.3 Å². The van der Waals surface area contributed by atoms with Crippen molar-refractivity contribution in [3.63, 3.8) is 0 Å². The summed E-state index contributed by atoms with van der Waals surface area (Å²) in [5.41, 5.74) is 1.40. The van der Waals surface area contributed by atoms with Crippen LogP contribution in [0.2, 0.25) is 0 Å². The number of anilines is 1. The summed E-state index contributed by atoms with van der Waals surface area (Å²) in [6.45, 7) is 5.27. The average molecular weight is 417 g/mol. The smallest absolute Gasteiger partial charge is 0.254 e. The molecule has 3 rings (SSSR count). The third kappa shape index (κ3) is 3.75. The van der Waals surface area contributed by atoms with E-state index in [-0.39, 0.29) is 11.8 Å². The van der Waals surface area contributed by atoms with Gasteiger partial charge < -0.3 is 14.5 Å². The molecular weight excluding hydrogens is 396 g/mol. The fraction of sp³-hybridized carbons (Fsp3) is 0.300. The van der Waals surface area contributed by atoms with Gasteiger partial charge in [0.2, 0.25) is 5.91 Å². The molecule has 2 aromatic rings. The monoisotopic (exact) mass is 416 g/mol. The van der Waals surface area contributed by atoms with Crippen LogP contribution in [0.3, 0.4) is 0 Å². The van der Waals surface area contributed by atoms with Gasteiger partial charge >= 0.3 is 0 Å². The summed E-state index contributed by atoms with van der Waals surface area (Å²) in [5, 5.41) is 0. The van der Waals surface area contributed by atoms with Crippen molar-refractivity contribution in [3.05, 3.63) is 58.6 Å². The first-order valence-electron chi connectivity index (χ1n) is 8.62. The van der Waals surface area contributed by atoms with Gasteiger partial charge in [-0.05, 0) is 56.3 Å². The van der Waals surface area contributed by atoms with E-state index in [2.05, 4.69) is 15.9 Å². The summed E-state index contributed by atoms with van der Waals surface area (Å²) in [6, 6.07) is 14.2. The number of benzene rings is 2. The number of hydrogen-bond donors (Lipinski definition) is 0. The molecule has 0 bridgehead atoms. The minimum absolute atomic E-state index is 0.0799. The van der Waals surface area contributed by atoms with Crippen LogP contribution in [0.25, 0.3) is 0 Å². The zero-order valence-electron chi connectivity index (χ0n) is 14.8. The van der Waals surface area contributed by atoms with E-state index >= 15 is 0 Å². The molecule has 1 saturated heterocycles. The highest BCUT2D eigenvalue weighted by Crippen LogP contribution is 2.24. The molecule has 0 unspecified atom stereocenters. The van der Waals surface area contributed by atoms with Crippen molar-refractivity contribution in [1.82, 2.24) is 4.90 Å². The Morgan fingerprint density at radius 2 is 1.92 bits per heavy atom. The number of carbonyl (C=O) groups is 2. The zero-order valence-corrected chi connectivity index (χ0v) is 16.4. The molecule has 0 aliphatic carbocycles. The van der Waals surface area contributed by atoms with Gasteiger partial charge in [0.15, 0.2) is 0 Å². The molecule has 0 N–H and O–H groups in total. The number of nitrogens with zero attached hydrogens (tertiary/aromatic N) is 2. The van der Waals surface area contributed by atoms with Crippen LogP contribution >= 0.6 is 15.9 Å². The van der Waals surface area contributed by atoms with Crippen LogP contribution in [0.1, 0.15) is 24.2 Å². The fourth-order valence-electron chi connectivity index (χ4n) is 3.08. The standard InChI is InChI=1S/C20H21BrN2O3/c1-3-26-18-9-7-17(8-10-18)23-12-11-22(14(2)19(23)24)20(25)15-5-4-6-16(21)13-15/h4-10,13-14H,3,11-12H2,1-2H3/t14-/m1/s1. The molecular formula is C20H21BrN2O3. The van der Waals surface area contributed by atoms with Crippen LogP contribution in [0.5, 0.6) is 5.75 Å². The Balaban J connectivity index is 1.75. The summed E-state index contributed by atoms with van der Waals surface area (Å²) in [5.74, 6) is 0.572. The Morgan fingerprint density at radius 3 is 2.58 bits per heavy atom. The molecule has 6 heteroatoms. The van der Waals surface area contributed by atoms with Gasteiger partial charge in [-0.2, -0.15) is 0 Å². The van der Waals surface area contributed by atoms with Gasteiger partial charge in [-0.1, -0.05) is 22.0 Å². The van der Waals surface area contributed by atoms with Gasteiger partial charge in [0.1, 0.15) is 11.8 Å². The molecule has 1 atom stereocenters. The van der Waals surface area contributed by atoms with Crippen LogP contribution in [-0.4, -0.2) is 42.5 Å². The van der Waals surface area contributed by atoms with Crippen LogP contribution < -0.4 is 9.64 Å². The lowest BCUT2D eigenvalue weighted by Crippen LogP contribution is -2.57. The Kier molecular flexibility index (Phi) is 5.61. The van der Waals surface area contributed by atoms with E-state index in [1.54, 1.807) is 28.9 Å². The summed E-state index contributed by atoms with van der Waals surface area (Å²) in [4.78, 5) is 29.0. The average Bonchev–Trinajstić information content (AvgIpc) is 2.64. The lowest BCUT2D eigenvalue weighted by molar-refractivity contribution is -0.124. The number of piperazine rings is 1. The van der Waals surface area contributed by atoms with Crippen molar-refractivity contribution in [2.75, 3.05) is 24.6 Å². The maximum absolute atomic E-state index is 12.8. The molecule has 0 spiro atoms. The van der Waals surface area contributed by atoms with E-state index in [0.717, 1.165) is 15.9 Å². The summed E-state index contributed by atoms with van der Waals surface area (Å²) >= 11 is 3.38. The molecule has 1 aliphatic rings. The van der Waals surface area contributed by atoms with Gasteiger partial charge in [-0.15, -0.1) is 0 Å². The third-order valence-electron chi connectivity index (χ3n) is 4.45. The number of ether oxygens (including phenoxy) is 1. The highest BCUT2D eigenvalue weighted by molar-refractivity contribution is 9.10. The number of hydrogen-bond acceptors (Lipinski definition) is 3. The molecule has 26 heavy (non-hydrogen) atoms. The zero-order chi connectivity index (χ0) is 18.7. The second-order valence-electron chi connectivity index (χ2n) is 6.10. The summed E-state index contributed by atoms with van der Waals surface area (Å²) in [6.07, 6.45) is 0. The van der Waals surface area contributed by atoms with Crippen LogP contribution in [-0.2, 0) is 4.79 Å². The number of carbonyl (C=O) groups excluding carboxylic acids is 2. The lowest BCUT2D eigenvalue weighted by Gasteiger charge is -2.39.